The molecule has 1 saturated heterocycles. The Morgan fingerprint density at radius 1 is 1.00 bits per heavy atom. The molecule has 3 aromatic rings. The quantitative estimate of drug-likeness (QED) is 0.467. The number of H-pyrrole nitrogens is 1. The molecule has 7 nitrogen and oxygen atoms in total. The van der Waals surface area contributed by atoms with E-state index in [0.717, 1.165) is 27.5 Å². The van der Waals surface area contributed by atoms with Crippen molar-refractivity contribution in [2.45, 2.75) is 36.0 Å². The molecule has 4 aliphatic rings. The number of thioether (sulfide) groups is 1. The van der Waals surface area contributed by atoms with Crippen LogP contribution in [0.1, 0.15) is 34.8 Å². The molecule has 3 amide bonds. The second-order valence-electron chi connectivity index (χ2n) is 10.9. The molecule has 1 aromatic heterocycles. The zero-order chi connectivity index (χ0) is 26.1. The number of rotatable bonds is 5. The number of hydrogen-bond acceptors (Lipinski definition) is 6. The van der Waals surface area contributed by atoms with Gasteiger partial charge < -0.3 is 10.3 Å². The molecule has 7 unspecified atom stereocenters. The van der Waals surface area contributed by atoms with E-state index in [4.69, 9.17) is 0 Å². The largest absolute Gasteiger partial charge is 0.326 e. The number of carbonyl (C=O) groups excluding carboxylic acids is 3. The maximum atomic E-state index is 13.7. The Kier molecular flexibility index (Phi) is 5.63. The number of aryl methyl sites for hydroxylation is 1. The fourth-order valence-corrected chi connectivity index (χ4v) is 10.3. The highest BCUT2D eigenvalue weighted by Crippen LogP contribution is 2.68. The number of amides is 3. The zero-order valence-electron chi connectivity index (χ0n) is 20.8. The highest BCUT2D eigenvalue weighted by molar-refractivity contribution is 8.00. The lowest BCUT2D eigenvalue weighted by atomic mass is 9.68. The highest BCUT2D eigenvalue weighted by Gasteiger charge is 2.69. The lowest BCUT2D eigenvalue weighted by Crippen LogP contribution is -2.42. The van der Waals surface area contributed by atoms with Crippen molar-refractivity contribution < 1.29 is 14.4 Å². The number of fused-ring (bicyclic) bond motifs is 9. The fraction of sp³-hybridized carbons (Fsp3) is 0.379. The summed E-state index contributed by atoms with van der Waals surface area (Å²) in [7, 11) is 0. The SMILES string of the molecule is Cc1ccc(NC(=O)CCN2C(=O)C3C4CC(C3C2=O)C2C(c3ccccc3)c3sc(=O)[nH]c3SC42)cc1. The zero-order valence-corrected chi connectivity index (χ0v) is 22.4. The van der Waals surface area contributed by atoms with Crippen LogP contribution in [0, 0.1) is 36.5 Å². The van der Waals surface area contributed by atoms with Crippen molar-refractivity contribution in [1.82, 2.24) is 9.88 Å². The topological polar surface area (TPSA) is 99.3 Å². The molecule has 2 aromatic carbocycles. The number of thiazole rings is 1. The van der Waals surface area contributed by atoms with E-state index in [1.165, 1.54) is 16.2 Å². The van der Waals surface area contributed by atoms with Gasteiger partial charge in [0.25, 0.3) is 0 Å². The van der Waals surface area contributed by atoms with E-state index in [0.29, 0.717) is 5.69 Å². The maximum Gasteiger partial charge on any atom is 0.305 e. The van der Waals surface area contributed by atoms with Crippen molar-refractivity contribution in [3.05, 3.63) is 80.3 Å². The van der Waals surface area contributed by atoms with Crippen molar-refractivity contribution in [3.63, 3.8) is 0 Å². The summed E-state index contributed by atoms with van der Waals surface area (Å²) in [5, 5.41) is 3.95. The lowest BCUT2D eigenvalue weighted by Gasteiger charge is -2.43. The number of nitrogens with one attached hydrogen (secondary N) is 2. The fourth-order valence-electron chi connectivity index (χ4n) is 7.41. The predicted octanol–water partition coefficient (Wildman–Crippen LogP) is 4.25. The van der Waals surface area contributed by atoms with Crippen LogP contribution >= 0.6 is 23.1 Å². The first-order valence-corrected chi connectivity index (χ1v) is 14.8. The van der Waals surface area contributed by atoms with Gasteiger partial charge in [0.2, 0.25) is 17.7 Å². The number of hydrogen-bond donors (Lipinski definition) is 2. The van der Waals surface area contributed by atoms with Crippen molar-refractivity contribution in [2.75, 3.05) is 11.9 Å². The summed E-state index contributed by atoms with van der Waals surface area (Å²) in [6, 6.07) is 17.8. The Morgan fingerprint density at radius 3 is 2.45 bits per heavy atom. The Labute approximate surface area is 228 Å². The molecule has 2 aliphatic heterocycles. The van der Waals surface area contributed by atoms with Crippen LogP contribution in [0.5, 0.6) is 0 Å². The minimum atomic E-state index is -0.335. The predicted molar refractivity (Wildman–Crippen MR) is 146 cm³/mol. The molecule has 9 heteroatoms. The number of carbonyl (C=O) groups is 3. The molecule has 2 N–H and O–H groups in total. The van der Waals surface area contributed by atoms with Gasteiger partial charge in [-0.05, 0) is 48.8 Å². The number of likely N-dealkylation sites (tertiary alicyclic amines) is 1. The maximum absolute atomic E-state index is 13.7. The van der Waals surface area contributed by atoms with Crippen molar-refractivity contribution in [1.29, 1.82) is 0 Å². The summed E-state index contributed by atoms with van der Waals surface area (Å²) in [6.45, 7) is 2.09. The molecule has 2 saturated carbocycles. The lowest BCUT2D eigenvalue weighted by molar-refractivity contribution is -0.141. The van der Waals surface area contributed by atoms with Gasteiger partial charge in [0.05, 0.1) is 16.9 Å². The molecule has 38 heavy (non-hydrogen) atoms. The molecule has 7 rings (SSSR count). The summed E-state index contributed by atoms with van der Waals surface area (Å²) >= 11 is 2.96. The van der Waals surface area contributed by atoms with Crippen LogP contribution in [0.2, 0.25) is 0 Å². The summed E-state index contributed by atoms with van der Waals surface area (Å²) in [4.78, 5) is 57.6. The van der Waals surface area contributed by atoms with E-state index < -0.39 is 0 Å². The molecule has 3 heterocycles. The first kappa shape index (κ1) is 23.9. The average Bonchev–Trinajstić information content (AvgIpc) is 3.64. The van der Waals surface area contributed by atoms with Crippen LogP contribution in [0.25, 0.3) is 0 Å². The number of benzene rings is 2. The number of aromatic nitrogens is 1. The third-order valence-electron chi connectivity index (χ3n) is 8.87. The van der Waals surface area contributed by atoms with Gasteiger partial charge in [-0.1, -0.05) is 59.4 Å². The van der Waals surface area contributed by atoms with E-state index in [1.54, 1.807) is 11.8 Å². The Morgan fingerprint density at radius 2 is 1.71 bits per heavy atom. The van der Waals surface area contributed by atoms with E-state index in [2.05, 4.69) is 22.4 Å². The van der Waals surface area contributed by atoms with Gasteiger partial charge in [0.15, 0.2) is 0 Å². The molecule has 2 bridgehead atoms. The second-order valence-corrected chi connectivity index (χ2v) is 13.1. The van der Waals surface area contributed by atoms with Crippen molar-refractivity contribution in [3.8, 4) is 0 Å². The Bertz CT molecular complexity index is 1500. The normalized spacial score (nSPS) is 30.8. The van der Waals surface area contributed by atoms with E-state index >= 15 is 0 Å². The molecule has 0 radical (unpaired) electrons. The molecule has 0 spiro atoms. The van der Waals surface area contributed by atoms with E-state index in [1.807, 2.05) is 49.4 Å². The molecular formula is C29H27N3O4S2. The molecular weight excluding hydrogens is 518 g/mol. The van der Waals surface area contributed by atoms with Crippen molar-refractivity contribution in [2.24, 2.45) is 29.6 Å². The number of nitrogens with zero attached hydrogens (tertiary/aromatic N) is 1. The molecule has 194 valence electrons. The monoisotopic (exact) mass is 545 g/mol. The van der Waals surface area contributed by atoms with Gasteiger partial charge in [0, 0.05) is 34.7 Å². The number of imide groups is 1. The van der Waals surface area contributed by atoms with Crippen LogP contribution in [-0.2, 0) is 14.4 Å². The summed E-state index contributed by atoms with van der Waals surface area (Å²) < 4.78 is 0. The smallest absolute Gasteiger partial charge is 0.305 e. The Hall–Kier alpha value is -3.17. The van der Waals surface area contributed by atoms with Gasteiger partial charge in [-0.3, -0.25) is 24.1 Å². The summed E-state index contributed by atoms with van der Waals surface area (Å²) in [5.74, 6) is -0.733. The highest BCUT2D eigenvalue weighted by atomic mass is 32.2. The van der Waals surface area contributed by atoms with Crippen LogP contribution in [0.15, 0.2) is 64.4 Å². The summed E-state index contributed by atoms with van der Waals surface area (Å²) in [6.07, 6.45) is 0.937. The number of aromatic amines is 1. The molecule has 2 aliphatic carbocycles. The van der Waals surface area contributed by atoms with Gasteiger partial charge in [-0.2, -0.15) is 0 Å². The minimum Gasteiger partial charge on any atom is -0.326 e. The minimum absolute atomic E-state index is 0.0367. The summed E-state index contributed by atoms with van der Waals surface area (Å²) in [5.41, 5.74) is 2.96. The van der Waals surface area contributed by atoms with E-state index in [-0.39, 0.29) is 76.3 Å². The van der Waals surface area contributed by atoms with Gasteiger partial charge >= 0.3 is 4.87 Å². The van der Waals surface area contributed by atoms with Crippen LogP contribution in [0.3, 0.4) is 0 Å². The van der Waals surface area contributed by atoms with E-state index in [9.17, 15) is 19.2 Å². The van der Waals surface area contributed by atoms with Crippen molar-refractivity contribution >= 4 is 46.5 Å². The van der Waals surface area contributed by atoms with Crippen LogP contribution < -0.4 is 10.2 Å². The Balaban J connectivity index is 1.13. The average molecular weight is 546 g/mol. The van der Waals surface area contributed by atoms with Gasteiger partial charge in [0.1, 0.15) is 0 Å². The van der Waals surface area contributed by atoms with Crippen LogP contribution in [-0.4, -0.2) is 39.4 Å². The number of anilines is 1. The molecule has 3 fully saturated rings. The third kappa shape index (κ3) is 3.62. The van der Waals surface area contributed by atoms with Crippen LogP contribution in [0.4, 0.5) is 5.69 Å². The first-order chi connectivity index (χ1) is 18.4. The van der Waals surface area contributed by atoms with Gasteiger partial charge in [-0.15, -0.1) is 11.8 Å². The standard InChI is InChI=1S/C29H27N3O4S2/c1-14-7-9-16(10-8-14)30-19(33)11-12-32-27(34)22-17-13-18(23(22)28(32)35)24-21(17)20(15-5-3-2-4-6-15)25-26(37-24)31-29(36)38-25/h2-10,17-18,20-24H,11-13H2,1H3,(H,30,33)(H,31,36). The molecule has 7 atom stereocenters. The first-order valence-electron chi connectivity index (χ1n) is 13.1. The van der Waals surface area contributed by atoms with Gasteiger partial charge in [-0.25, -0.2) is 0 Å². The third-order valence-corrected chi connectivity index (χ3v) is 11.5. The second kappa shape index (κ2) is 8.95.